The number of nitrogens with one attached hydrogen (secondary N) is 2. The highest BCUT2D eigenvalue weighted by atomic mass is 35.5. The van der Waals surface area contributed by atoms with Crippen LogP contribution in [0.1, 0.15) is 24.8 Å². The van der Waals surface area contributed by atoms with E-state index >= 15 is 0 Å². The summed E-state index contributed by atoms with van der Waals surface area (Å²) in [6.07, 6.45) is 5.95. The van der Waals surface area contributed by atoms with Crippen LogP contribution in [0.4, 0.5) is 17.5 Å². The van der Waals surface area contributed by atoms with Gasteiger partial charge in [0.2, 0.25) is 11.9 Å². The summed E-state index contributed by atoms with van der Waals surface area (Å²) < 4.78 is 10.8. The van der Waals surface area contributed by atoms with Gasteiger partial charge in [0.15, 0.2) is 0 Å². The number of ether oxygens (including phenoxy) is 2. The van der Waals surface area contributed by atoms with Crippen molar-refractivity contribution in [1.29, 1.82) is 0 Å². The van der Waals surface area contributed by atoms with Crippen molar-refractivity contribution in [3.8, 4) is 11.5 Å². The predicted octanol–water partition coefficient (Wildman–Crippen LogP) is 3.85. The molecular weight excluding hydrogens is 479 g/mol. The van der Waals surface area contributed by atoms with Gasteiger partial charge in [-0.15, -0.1) is 0 Å². The van der Waals surface area contributed by atoms with E-state index in [0.29, 0.717) is 46.4 Å². The Labute approximate surface area is 209 Å². The molecule has 1 aliphatic carbocycles. The van der Waals surface area contributed by atoms with E-state index in [1.54, 1.807) is 26.5 Å². The first-order valence-corrected chi connectivity index (χ1v) is 11.7. The molecule has 11 heteroatoms. The van der Waals surface area contributed by atoms with Crippen molar-refractivity contribution in [1.82, 2.24) is 15.3 Å². The van der Waals surface area contributed by atoms with Gasteiger partial charge in [-0.1, -0.05) is 29.8 Å². The van der Waals surface area contributed by atoms with E-state index in [1.807, 2.05) is 16.8 Å². The molecule has 2 N–H and O–H groups in total. The van der Waals surface area contributed by atoms with Gasteiger partial charge in [0.1, 0.15) is 27.4 Å². The van der Waals surface area contributed by atoms with E-state index in [0.717, 1.165) is 30.6 Å². The number of carbonyl (C=O) groups excluding carboxylic acids is 1. The van der Waals surface area contributed by atoms with Crippen LogP contribution in [0.25, 0.3) is 0 Å². The lowest BCUT2D eigenvalue weighted by atomic mass is 10.1. The molecule has 9 nitrogen and oxygen atoms in total. The van der Waals surface area contributed by atoms with Crippen molar-refractivity contribution in [3.63, 3.8) is 0 Å². The zero-order valence-corrected chi connectivity index (χ0v) is 20.9. The lowest BCUT2D eigenvalue weighted by Gasteiger charge is -2.37. The second kappa shape index (κ2) is 10.1. The fourth-order valence-corrected chi connectivity index (χ4v) is 5.24. The van der Waals surface area contributed by atoms with Crippen molar-refractivity contribution < 1.29 is 14.3 Å². The minimum Gasteiger partial charge on any atom is -0.495 e. The van der Waals surface area contributed by atoms with Gasteiger partial charge in [-0.2, -0.15) is 4.98 Å². The fourth-order valence-electron chi connectivity index (χ4n) is 4.50. The van der Waals surface area contributed by atoms with E-state index in [1.165, 1.54) is 6.08 Å². The summed E-state index contributed by atoms with van der Waals surface area (Å²) in [7, 11) is 5.05. The van der Waals surface area contributed by atoms with Gasteiger partial charge >= 0.3 is 0 Å². The van der Waals surface area contributed by atoms with Crippen LogP contribution < -0.4 is 29.9 Å². The molecule has 1 amide bonds. The van der Waals surface area contributed by atoms with Crippen LogP contribution in [-0.4, -0.2) is 55.9 Å². The molecule has 182 valence electrons. The van der Waals surface area contributed by atoms with Gasteiger partial charge in [0.05, 0.1) is 26.6 Å². The Morgan fingerprint density at radius 3 is 2.53 bits per heavy atom. The van der Waals surface area contributed by atoms with Gasteiger partial charge in [0, 0.05) is 43.5 Å². The number of carbonyl (C=O) groups is 1. The maximum absolute atomic E-state index is 11.7. The van der Waals surface area contributed by atoms with Crippen molar-refractivity contribution >= 4 is 46.6 Å². The van der Waals surface area contributed by atoms with Gasteiger partial charge in [-0.05, 0) is 25.3 Å². The minimum absolute atomic E-state index is 0.0191. The van der Waals surface area contributed by atoms with E-state index in [-0.39, 0.29) is 18.0 Å². The number of methoxy groups -OCH3 is 2. The molecule has 1 aromatic carbocycles. The number of rotatable bonds is 7. The first-order chi connectivity index (χ1) is 16.4. The molecule has 2 unspecified atom stereocenters. The number of fused-ring (bicyclic) bond motifs is 1. The zero-order chi connectivity index (χ0) is 24.4. The Balaban J connectivity index is 1.57. The van der Waals surface area contributed by atoms with Crippen LogP contribution in [0.2, 0.25) is 10.0 Å². The maximum Gasteiger partial charge on any atom is 0.243 e. The van der Waals surface area contributed by atoms with E-state index < -0.39 is 0 Å². The summed E-state index contributed by atoms with van der Waals surface area (Å²) in [5.74, 6) is 2.15. The molecule has 2 heterocycles. The van der Waals surface area contributed by atoms with Crippen LogP contribution in [0, 0.1) is 0 Å². The summed E-state index contributed by atoms with van der Waals surface area (Å²) >= 11 is 13.3. The predicted molar refractivity (Wildman–Crippen MR) is 134 cm³/mol. The fraction of sp³-hybridized carbons (Fsp3) is 0.435. The highest BCUT2D eigenvalue weighted by Gasteiger charge is 2.31. The SMILES string of the molecule is C=CC(=O)NC1CCCC1Nc1ncc2c(n1)N(C)CN(c1c(Cl)c(OC)cc(OC)c1Cl)C2. The van der Waals surface area contributed by atoms with Crippen LogP contribution in [0.15, 0.2) is 24.9 Å². The summed E-state index contributed by atoms with van der Waals surface area (Å²) in [4.78, 5) is 25.1. The molecule has 1 saturated carbocycles. The quantitative estimate of drug-likeness (QED) is 0.547. The summed E-state index contributed by atoms with van der Waals surface area (Å²) in [5, 5.41) is 7.21. The number of benzene rings is 1. The van der Waals surface area contributed by atoms with Gasteiger partial charge < -0.3 is 29.9 Å². The average molecular weight is 507 g/mol. The summed E-state index contributed by atoms with van der Waals surface area (Å²) in [6, 6.07) is 1.75. The molecule has 1 fully saturated rings. The van der Waals surface area contributed by atoms with Crippen LogP contribution in [-0.2, 0) is 11.3 Å². The molecule has 1 aromatic heterocycles. The Bertz CT molecular complexity index is 1070. The Morgan fingerprint density at radius 2 is 1.88 bits per heavy atom. The first kappa shape index (κ1) is 24.2. The van der Waals surface area contributed by atoms with E-state index in [2.05, 4.69) is 22.2 Å². The van der Waals surface area contributed by atoms with Crippen molar-refractivity contribution in [2.24, 2.45) is 0 Å². The third-order valence-corrected chi connectivity index (χ3v) is 6.89. The number of nitrogens with zero attached hydrogens (tertiary/aromatic N) is 4. The second-order valence-electron chi connectivity index (χ2n) is 8.34. The second-order valence-corrected chi connectivity index (χ2v) is 9.09. The molecule has 2 atom stereocenters. The highest BCUT2D eigenvalue weighted by molar-refractivity contribution is 6.41. The monoisotopic (exact) mass is 506 g/mol. The average Bonchev–Trinajstić information content (AvgIpc) is 3.26. The number of hydrogen-bond donors (Lipinski definition) is 2. The van der Waals surface area contributed by atoms with Crippen LogP contribution in [0.5, 0.6) is 11.5 Å². The minimum atomic E-state index is -0.170. The largest absolute Gasteiger partial charge is 0.495 e. The molecule has 2 aliphatic rings. The lowest BCUT2D eigenvalue weighted by Crippen LogP contribution is -2.43. The molecule has 1 aliphatic heterocycles. The molecule has 34 heavy (non-hydrogen) atoms. The Kier molecular flexibility index (Phi) is 7.23. The topological polar surface area (TPSA) is 91.8 Å². The first-order valence-electron chi connectivity index (χ1n) is 11.0. The van der Waals surface area contributed by atoms with Crippen molar-refractivity contribution in [2.45, 2.75) is 37.9 Å². The molecule has 0 saturated heterocycles. The lowest BCUT2D eigenvalue weighted by molar-refractivity contribution is -0.117. The molecule has 0 radical (unpaired) electrons. The van der Waals surface area contributed by atoms with E-state index in [9.17, 15) is 4.79 Å². The molecule has 4 rings (SSSR count). The van der Waals surface area contributed by atoms with Crippen LogP contribution >= 0.6 is 23.2 Å². The smallest absolute Gasteiger partial charge is 0.243 e. The zero-order valence-electron chi connectivity index (χ0n) is 19.4. The number of aromatic nitrogens is 2. The Hall–Kier alpha value is -2.91. The number of hydrogen-bond acceptors (Lipinski definition) is 8. The number of halogens is 2. The third-order valence-electron chi connectivity index (χ3n) is 6.16. The Morgan fingerprint density at radius 1 is 1.21 bits per heavy atom. The normalized spacial score (nSPS) is 19.4. The number of amides is 1. The maximum atomic E-state index is 11.7. The van der Waals surface area contributed by atoms with Gasteiger partial charge in [0.25, 0.3) is 0 Å². The molecule has 0 spiro atoms. The highest BCUT2D eigenvalue weighted by Crippen LogP contribution is 2.47. The molecule has 0 bridgehead atoms. The van der Waals surface area contributed by atoms with Crippen molar-refractivity contribution in [2.75, 3.05) is 43.1 Å². The summed E-state index contributed by atoms with van der Waals surface area (Å²) in [5.41, 5.74) is 1.56. The molecule has 2 aromatic rings. The van der Waals surface area contributed by atoms with Crippen molar-refractivity contribution in [3.05, 3.63) is 40.5 Å². The number of anilines is 3. The summed E-state index contributed by atoms with van der Waals surface area (Å²) in [6.45, 7) is 4.54. The third kappa shape index (κ3) is 4.67. The van der Waals surface area contributed by atoms with E-state index in [4.69, 9.17) is 37.7 Å². The van der Waals surface area contributed by atoms with Gasteiger partial charge in [-0.25, -0.2) is 4.98 Å². The standard InChI is InChI=1S/C23H28Cl2N6O3/c1-5-18(32)27-14-7-6-8-15(14)28-23-26-10-13-11-31(12-30(2)22(13)29-23)21-19(24)16(33-3)9-17(34-4)20(21)25/h5,9-10,14-15H,1,6-8,11-12H2,2-4H3,(H,27,32)(H,26,28,29). The van der Waals surface area contributed by atoms with Gasteiger partial charge in [-0.3, -0.25) is 4.79 Å². The van der Waals surface area contributed by atoms with Crippen LogP contribution in [0.3, 0.4) is 0 Å². The molecular formula is C23H28Cl2N6O3.